The summed E-state index contributed by atoms with van der Waals surface area (Å²) in [6.45, 7) is 9.41. The Labute approximate surface area is 188 Å². The molecule has 1 aromatic carbocycles. The molecule has 4 rings (SSSR count). The Kier molecular flexibility index (Phi) is 7.61. The number of piperidine rings is 1. The van der Waals surface area contributed by atoms with Gasteiger partial charge >= 0.3 is 0 Å². The van der Waals surface area contributed by atoms with Crippen LogP contribution < -0.4 is 5.32 Å². The Morgan fingerprint density at radius 3 is 2.74 bits per heavy atom. The summed E-state index contributed by atoms with van der Waals surface area (Å²) >= 11 is 5.98. The minimum atomic E-state index is 0.0291. The number of hydrogen-bond acceptors (Lipinski definition) is 6. The smallest absolute Gasteiger partial charge is 0.226 e. The number of nitrogens with zero attached hydrogens (tertiary/aromatic N) is 3. The number of morpholine rings is 1. The van der Waals surface area contributed by atoms with Gasteiger partial charge in [-0.2, -0.15) is 0 Å². The highest BCUT2D eigenvalue weighted by molar-refractivity contribution is 6.30. The normalized spacial score (nSPS) is 20.6. The molecular weight excluding hydrogens is 416 g/mol. The van der Waals surface area contributed by atoms with Gasteiger partial charge in [0.25, 0.3) is 0 Å². The van der Waals surface area contributed by atoms with Crippen LogP contribution in [0.4, 0.5) is 0 Å². The van der Waals surface area contributed by atoms with Crippen molar-refractivity contribution in [1.29, 1.82) is 0 Å². The zero-order valence-corrected chi connectivity index (χ0v) is 18.9. The summed E-state index contributed by atoms with van der Waals surface area (Å²) in [6.07, 6.45) is 1.95. The fraction of sp³-hybridized carbons (Fsp3) is 0.565. The second-order valence-electron chi connectivity index (χ2n) is 8.35. The molecule has 2 aliphatic heterocycles. The molecule has 0 bridgehead atoms. The first-order chi connectivity index (χ1) is 15.1. The summed E-state index contributed by atoms with van der Waals surface area (Å²) in [5.41, 5.74) is 1.84. The Hall–Kier alpha value is -1.93. The molecule has 0 radical (unpaired) electrons. The van der Waals surface area contributed by atoms with Gasteiger partial charge in [-0.05, 0) is 50.6 Å². The third kappa shape index (κ3) is 6.07. The number of aryl methyl sites for hydroxylation is 1. The molecule has 3 heterocycles. The van der Waals surface area contributed by atoms with Crippen molar-refractivity contribution in [1.82, 2.24) is 20.1 Å². The number of rotatable bonds is 7. The average Bonchev–Trinajstić information content (AvgIpc) is 3.15. The van der Waals surface area contributed by atoms with Crippen LogP contribution in [-0.4, -0.2) is 73.2 Å². The topological polar surface area (TPSA) is 70.8 Å². The van der Waals surface area contributed by atoms with Gasteiger partial charge in [-0.25, -0.2) is 4.98 Å². The Bertz CT molecular complexity index is 864. The first kappa shape index (κ1) is 22.3. The van der Waals surface area contributed by atoms with Crippen molar-refractivity contribution >= 4 is 17.5 Å². The first-order valence-corrected chi connectivity index (χ1v) is 11.5. The van der Waals surface area contributed by atoms with Crippen LogP contribution in [0.3, 0.4) is 0 Å². The van der Waals surface area contributed by atoms with E-state index in [2.05, 4.69) is 15.1 Å². The molecule has 1 amide bonds. The fourth-order valence-corrected chi connectivity index (χ4v) is 4.35. The maximum atomic E-state index is 12.7. The molecule has 1 aromatic heterocycles. The zero-order chi connectivity index (χ0) is 21.6. The van der Waals surface area contributed by atoms with Gasteiger partial charge in [0.05, 0.1) is 24.8 Å². The maximum Gasteiger partial charge on any atom is 0.226 e. The van der Waals surface area contributed by atoms with E-state index in [-0.39, 0.29) is 11.8 Å². The Morgan fingerprint density at radius 2 is 1.97 bits per heavy atom. The third-order valence-electron chi connectivity index (χ3n) is 6.06. The van der Waals surface area contributed by atoms with Crippen LogP contribution in [0, 0.1) is 12.8 Å². The van der Waals surface area contributed by atoms with Gasteiger partial charge in [-0.15, -0.1) is 0 Å². The lowest BCUT2D eigenvalue weighted by atomic mass is 9.97. The van der Waals surface area contributed by atoms with E-state index < -0.39 is 0 Å². The molecule has 2 aromatic rings. The van der Waals surface area contributed by atoms with Crippen molar-refractivity contribution in [2.24, 2.45) is 5.92 Å². The van der Waals surface area contributed by atoms with Gasteiger partial charge in [0.1, 0.15) is 5.76 Å². The van der Waals surface area contributed by atoms with Crippen molar-refractivity contribution < 1.29 is 13.9 Å². The Morgan fingerprint density at radius 1 is 1.19 bits per heavy atom. The van der Waals surface area contributed by atoms with Crippen molar-refractivity contribution in [2.75, 3.05) is 52.5 Å². The number of hydrogen-bond donors (Lipinski definition) is 1. The highest BCUT2D eigenvalue weighted by Crippen LogP contribution is 2.25. The molecular formula is C23H31ClN4O3. The van der Waals surface area contributed by atoms with Gasteiger partial charge in [-0.1, -0.05) is 11.6 Å². The van der Waals surface area contributed by atoms with Crippen LogP contribution in [0.1, 0.15) is 24.3 Å². The molecule has 0 unspecified atom stereocenters. The summed E-state index contributed by atoms with van der Waals surface area (Å²) in [6, 6.07) is 7.50. The predicted molar refractivity (Wildman–Crippen MR) is 120 cm³/mol. The second kappa shape index (κ2) is 10.6. The van der Waals surface area contributed by atoms with Gasteiger partial charge in [0.15, 0.2) is 0 Å². The molecule has 2 fully saturated rings. The average molecular weight is 447 g/mol. The standard InChI is InChI=1S/C23H31ClN4O3/c1-17-21(26-23(31-17)18-4-6-20(24)7-5-18)16-28-9-2-3-19(15-28)22(29)25-8-10-27-11-13-30-14-12-27/h4-7,19H,2-3,8-16H2,1H3,(H,25,29)/t19-/m0/s1. The summed E-state index contributed by atoms with van der Waals surface area (Å²) < 4.78 is 11.3. The van der Waals surface area contributed by atoms with Crippen LogP contribution in [0.2, 0.25) is 5.02 Å². The van der Waals surface area contributed by atoms with Crippen LogP contribution in [0.15, 0.2) is 28.7 Å². The van der Waals surface area contributed by atoms with Gasteiger partial charge in [0, 0.05) is 49.9 Å². The molecule has 31 heavy (non-hydrogen) atoms. The number of nitrogens with one attached hydrogen (secondary N) is 1. The lowest BCUT2D eigenvalue weighted by Crippen LogP contribution is -2.45. The van der Waals surface area contributed by atoms with E-state index >= 15 is 0 Å². The number of halogens is 1. The number of aromatic nitrogens is 1. The van der Waals surface area contributed by atoms with Gasteiger partial charge < -0.3 is 14.5 Å². The fourth-order valence-electron chi connectivity index (χ4n) is 4.22. The number of carbonyl (C=O) groups is 1. The quantitative estimate of drug-likeness (QED) is 0.705. The second-order valence-corrected chi connectivity index (χ2v) is 8.78. The lowest BCUT2D eigenvalue weighted by molar-refractivity contribution is -0.126. The predicted octanol–water partition coefficient (Wildman–Crippen LogP) is 2.96. The van der Waals surface area contributed by atoms with Gasteiger partial charge in [-0.3, -0.25) is 14.6 Å². The van der Waals surface area contributed by atoms with Crippen LogP contribution >= 0.6 is 11.6 Å². The zero-order valence-electron chi connectivity index (χ0n) is 18.1. The summed E-state index contributed by atoms with van der Waals surface area (Å²) in [4.78, 5) is 22.1. The van der Waals surface area contributed by atoms with Gasteiger partial charge in [0.2, 0.25) is 11.8 Å². The minimum absolute atomic E-state index is 0.0291. The number of carbonyl (C=O) groups excluding carboxylic acids is 1. The molecule has 7 nitrogen and oxygen atoms in total. The van der Waals surface area contributed by atoms with Crippen LogP contribution in [0.5, 0.6) is 0 Å². The van der Waals surface area contributed by atoms with Crippen LogP contribution in [0.25, 0.3) is 11.5 Å². The maximum absolute atomic E-state index is 12.7. The monoisotopic (exact) mass is 446 g/mol. The van der Waals surface area contributed by atoms with E-state index in [1.165, 1.54) is 0 Å². The highest BCUT2D eigenvalue weighted by atomic mass is 35.5. The molecule has 0 spiro atoms. The number of amides is 1. The van der Waals surface area contributed by atoms with Crippen molar-refractivity contribution in [3.8, 4) is 11.5 Å². The number of benzene rings is 1. The number of oxazole rings is 1. The molecule has 0 saturated carbocycles. The van der Waals surface area contributed by atoms with E-state index in [0.717, 1.165) is 75.8 Å². The minimum Gasteiger partial charge on any atom is -0.441 e. The molecule has 2 aliphatic rings. The number of likely N-dealkylation sites (tertiary alicyclic amines) is 1. The van der Waals surface area contributed by atoms with E-state index in [1.54, 1.807) is 0 Å². The summed E-state index contributed by atoms with van der Waals surface area (Å²) in [5.74, 6) is 1.62. The van der Waals surface area contributed by atoms with Crippen LogP contribution in [-0.2, 0) is 16.1 Å². The van der Waals surface area contributed by atoms with E-state index in [1.807, 2.05) is 31.2 Å². The Balaban J connectivity index is 1.28. The largest absolute Gasteiger partial charge is 0.441 e. The molecule has 1 N–H and O–H groups in total. The summed E-state index contributed by atoms with van der Waals surface area (Å²) in [5, 5.41) is 3.82. The molecule has 2 saturated heterocycles. The third-order valence-corrected chi connectivity index (χ3v) is 6.32. The highest BCUT2D eigenvalue weighted by Gasteiger charge is 2.27. The van der Waals surface area contributed by atoms with Crippen molar-refractivity contribution in [3.63, 3.8) is 0 Å². The van der Waals surface area contributed by atoms with E-state index in [4.69, 9.17) is 25.7 Å². The number of ether oxygens (including phenoxy) is 1. The summed E-state index contributed by atoms with van der Waals surface area (Å²) in [7, 11) is 0. The van der Waals surface area contributed by atoms with Crippen molar-refractivity contribution in [2.45, 2.75) is 26.3 Å². The molecule has 168 valence electrons. The lowest BCUT2D eigenvalue weighted by Gasteiger charge is -2.32. The molecule has 0 aliphatic carbocycles. The van der Waals surface area contributed by atoms with E-state index in [9.17, 15) is 4.79 Å². The SMILES string of the molecule is Cc1oc(-c2ccc(Cl)cc2)nc1CN1CCC[C@H](C(=O)NCCN2CCOCC2)C1. The molecule has 8 heteroatoms. The van der Waals surface area contributed by atoms with E-state index in [0.29, 0.717) is 24.0 Å². The first-order valence-electron chi connectivity index (χ1n) is 11.1. The molecule has 1 atom stereocenters. The van der Waals surface area contributed by atoms with Crippen molar-refractivity contribution in [3.05, 3.63) is 40.7 Å².